The molecule has 2 aromatic heterocycles. The molecule has 0 aliphatic carbocycles. The summed E-state index contributed by atoms with van der Waals surface area (Å²) in [4.78, 5) is 12.6. The molecule has 4 aromatic rings. The SMILES string of the molecule is Cc1cccc(Cn2nccc2NC(=O)CSc2nnnn2-c2cc(C)ccc2C)c1. The Bertz CT molecular complexity index is 1210. The molecule has 0 radical (unpaired) electrons. The van der Waals surface area contributed by atoms with Crippen molar-refractivity contribution in [1.82, 2.24) is 30.0 Å². The number of aryl methyl sites for hydroxylation is 3. The standard InChI is InChI=1S/C22H23N7OS/c1-15-5-4-6-18(11-15)13-28-20(9-10-23-28)24-21(30)14-31-22-25-26-27-29(22)19-12-16(2)7-8-17(19)3/h4-12H,13-14H2,1-3H3,(H,24,30). The summed E-state index contributed by atoms with van der Waals surface area (Å²) in [6, 6.07) is 16.1. The lowest BCUT2D eigenvalue weighted by molar-refractivity contribution is -0.113. The minimum absolute atomic E-state index is 0.147. The van der Waals surface area contributed by atoms with E-state index in [-0.39, 0.29) is 11.7 Å². The van der Waals surface area contributed by atoms with Crippen LogP contribution in [0.25, 0.3) is 5.69 Å². The molecule has 4 rings (SSSR count). The zero-order valence-electron chi connectivity index (χ0n) is 17.6. The molecule has 158 valence electrons. The molecule has 0 aliphatic rings. The topological polar surface area (TPSA) is 90.5 Å². The number of rotatable bonds is 7. The number of carbonyl (C=O) groups excluding carboxylic acids is 1. The van der Waals surface area contributed by atoms with Gasteiger partial charge in [-0.3, -0.25) is 4.79 Å². The maximum Gasteiger partial charge on any atom is 0.235 e. The van der Waals surface area contributed by atoms with Gasteiger partial charge >= 0.3 is 0 Å². The van der Waals surface area contributed by atoms with Crippen molar-refractivity contribution >= 4 is 23.5 Å². The third-order valence-corrected chi connectivity index (χ3v) is 5.68. The van der Waals surface area contributed by atoms with E-state index in [0.29, 0.717) is 17.5 Å². The molecule has 1 N–H and O–H groups in total. The van der Waals surface area contributed by atoms with Crippen LogP contribution in [0.4, 0.5) is 5.82 Å². The van der Waals surface area contributed by atoms with E-state index < -0.39 is 0 Å². The fourth-order valence-electron chi connectivity index (χ4n) is 3.23. The lowest BCUT2D eigenvalue weighted by Crippen LogP contribution is -2.18. The Morgan fingerprint density at radius 3 is 2.74 bits per heavy atom. The summed E-state index contributed by atoms with van der Waals surface area (Å²) in [5, 5.41) is 19.8. The minimum Gasteiger partial charge on any atom is -0.310 e. The summed E-state index contributed by atoms with van der Waals surface area (Å²) >= 11 is 1.29. The predicted octanol–water partition coefficient (Wildman–Crippen LogP) is 3.56. The molecule has 0 fully saturated rings. The van der Waals surface area contributed by atoms with Crippen LogP contribution in [0.15, 0.2) is 59.9 Å². The van der Waals surface area contributed by atoms with Crippen LogP contribution in [-0.4, -0.2) is 41.6 Å². The van der Waals surface area contributed by atoms with Crippen molar-refractivity contribution in [1.29, 1.82) is 0 Å². The quantitative estimate of drug-likeness (QED) is 0.448. The van der Waals surface area contributed by atoms with Gasteiger partial charge in [0.25, 0.3) is 0 Å². The minimum atomic E-state index is -0.147. The third kappa shape index (κ3) is 5.00. The van der Waals surface area contributed by atoms with Gasteiger partial charge in [0, 0.05) is 6.07 Å². The highest BCUT2D eigenvalue weighted by Crippen LogP contribution is 2.22. The zero-order chi connectivity index (χ0) is 21.8. The van der Waals surface area contributed by atoms with Crippen LogP contribution in [0.5, 0.6) is 0 Å². The van der Waals surface area contributed by atoms with Crippen molar-refractivity contribution in [2.24, 2.45) is 0 Å². The summed E-state index contributed by atoms with van der Waals surface area (Å²) in [5.41, 5.74) is 5.40. The molecule has 0 atom stereocenters. The Hall–Kier alpha value is -3.46. The molecule has 2 aromatic carbocycles. The van der Waals surface area contributed by atoms with Crippen LogP contribution in [0.2, 0.25) is 0 Å². The Labute approximate surface area is 184 Å². The van der Waals surface area contributed by atoms with Crippen molar-refractivity contribution in [2.45, 2.75) is 32.5 Å². The number of anilines is 1. The second-order valence-corrected chi connectivity index (χ2v) is 8.31. The van der Waals surface area contributed by atoms with Gasteiger partial charge in [-0.1, -0.05) is 53.7 Å². The van der Waals surface area contributed by atoms with Gasteiger partial charge in [0.2, 0.25) is 11.1 Å². The van der Waals surface area contributed by atoms with Crippen LogP contribution in [0, 0.1) is 20.8 Å². The molecular formula is C22H23N7OS. The normalized spacial score (nSPS) is 10.9. The van der Waals surface area contributed by atoms with Gasteiger partial charge in [-0.15, -0.1) is 5.10 Å². The highest BCUT2D eigenvalue weighted by Gasteiger charge is 2.14. The Morgan fingerprint density at radius 2 is 1.90 bits per heavy atom. The molecule has 0 saturated carbocycles. The molecule has 0 saturated heterocycles. The van der Waals surface area contributed by atoms with E-state index in [9.17, 15) is 4.79 Å². The van der Waals surface area contributed by atoms with Gasteiger partial charge < -0.3 is 5.32 Å². The molecule has 0 aliphatic heterocycles. The number of hydrogen-bond acceptors (Lipinski definition) is 6. The van der Waals surface area contributed by atoms with Crippen LogP contribution in [0.3, 0.4) is 0 Å². The van der Waals surface area contributed by atoms with Gasteiger partial charge in [0.15, 0.2) is 0 Å². The van der Waals surface area contributed by atoms with Gasteiger partial charge in [-0.25, -0.2) is 4.68 Å². The van der Waals surface area contributed by atoms with Gasteiger partial charge in [0.1, 0.15) is 5.82 Å². The van der Waals surface area contributed by atoms with Crippen molar-refractivity contribution in [3.8, 4) is 5.69 Å². The number of aromatic nitrogens is 6. The molecular weight excluding hydrogens is 410 g/mol. The molecule has 31 heavy (non-hydrogen) atoms. The zero-order valence-corrected chi connectivity index (χ0v) is 18.4. The molecule has 1 amide bonds. The summed E-state index contributed by atoms with van der Waals surface area (Å²) in [6.07, 6.45) is 1.68. The van der Waals surface area contributed by atoms with E-state index in [0.717, 1.165) is 22.4 Å². The molecule has 2 heterocycles. The summed E-state index contributed by atoms with van der Waals surface area (Å²) in [6.45, 7) is 6.67. The fourth-order valence-corrected chi connectivity index (χ4v) is 3.91. The summed E-state index contributed by atoms with van der Waals surface area (Å²) in [5.74, 6) is 0.689. The number of hydrogen-bond donors (Lipinski definition) is 1. The lowest BCUT2D eigenvalue weighted by atomic mass is 10.1. The molecule has 9 heteroatoms. The molecule has 8 nitrogen and oxygen atoms in total. The van der Waals surface area contributed by atoms with Gasteiger partial charge in [0.05, 0.1) is 24.2 Å². The van der Waals surface area contributed by atoms with Crippen molar-refractivity contribution in [2.75, 3.05) is 11.1 Å². The second-order valence-electron chi connectivity index (χ2n) is 7.36. The number of nitrogens with one attached hydrogen (secondary N) is 1. The van der Waals surface area contributed by atoms with Crippen molar-refractivity contribution < 1.29 is 4.79 Å². The van der Waals surface area contributed by atoms with Crippen molar-refractivity contribution in [3.63, 3.8) is 0 Å². The fraction of sp³-hybridized carbons (Fsp3) is 0.227. The first-order valence-electron chi connectivity index (χ1n) is 9.85. The van der Waals surface area contributed by atoms with E-state index in [1.807, 2.05) is 44.2 Å². The predicted molar refractivity (Wildman–Crippen MR) is 120 cm³/mol. The first kappa shape index (κ1) is 20.8. The van der Waals surface area contributed by atoms with Crippen molar-refractivity contribution in [3.05, 3.63) is 77.0 Å². The summed E-state index contributed by atoms with van der Waals surface area (Å²) in [7, 11) is 0. The van der Waals surface area contributed by atoms with E-state index in [1.165, 1.54) is 17.3 Å². The highest BCUT2D eigenvalue weighted by atomic mass is 32.2. The van der Waals surface area contributed by atoms with Crippen LogP contribution in [-0.2, 0) is 11.3 Å². The smallest absolute Gasteiger partial charge is 0.235 e. The lowest BCUT2D eigenvalue weighted by Gasteiger charge is -2.10. The maximum atomic E-state index is 12.6. The van der Waals surface area contributed by atoms with Crippen LogP contribution >= 0.6 is 11.8 Å². The van der Waals surface area contributed by atoms with E-state index in [2.05, 4.69) is 45.0 Å². The van der Waals surface area contributed by atoms with E-state index in [1.54, 1.807) is 21.6 Å². The largest absolute Gasteiger partial charge is 0.310 e. The second kappa shape index (κ2) is 9.13. The Kier molecular flexibility index (Phi) is 6.13. The van der Waals surface area contributed by atoms with E-state index >= 15 is 0 Å². The number of thioether (sulfide) groups is 1. The van der Waals surface area contributed by atoms with E-state index in [4.69, 9.17) is 0 Å². The molecule has 0 spiro atoms. The Balaban J connectivity index is 1.41. The first-order valence-corrected chi connectivity index (χ1v) is 10.8. The van der Waals surface area contributed by atoms with Gasteiger partial charge in [-0.05, 0) is 54.0 Å². The molecule has 0 unspecified atom stereocenters. The Morgan fingerprint density at radius 1 is 1.06 bits per heavy atom. The first-order chi connectivity index (χ1) is 15.0. The highest BCUT2D eigenvalue weighted by molar-refractivity contribution is 7.99. The maximum absolute atomic E-state index is 12.6. The average Bonchev–Trinajstić information content (AvgIpc) is 3.38. The van der Waals surface area contributed by atoms with Crippen LogP contribution in [0.1, 0.15) is 22.3 Å². The summed E-state index contributed by atoms with van der Waals surface area (Å²) < 4.78 is 3.44. The number of carbonyl (C=O) groups is 1. The number of benzene rings is 2. The monoisotopic (exact) mass is 433 g/mol. The van der Waals surface area contributed by atoms with Gasteiger partial charge in [-0.2, -0.15) is 9.78 Å². The number of nitrogens with zero attached hydrogens (tertiary/aromatic N) is 6. The number of tetrazole rings is 1. The average molecular weight is 434 g/mol. The van der Waals surface area contributed by atoms with Crippen LogP contribution < -0.4 is 5.32 Å². The third-order valence-electron chi connectivity index (χ3n) is 4.76. The molecule has 0 bridgehead atoms. The number of amides is 1.